The zero-order chi connectivity index (χ0) is 18.4. The molecule has 0 unspecified atom stereocenters. The van der Waals surface area contributed by atoms with Gasteiger partial charge in [-0.25, -0.2) is 4.99 Å². The molecule has 0 atom stereocenters. The maximum atomic E-state index is 11.9. The Bertz CT molecular complexity index is 936. The van der Waals surface area contributed by atoms with E-state index in [1.807, 2.05) is 12.3 Å². The highest BCUT2D eigenvalue weighted by Crippen LogP contribution is 2.35. The van der Waals surface area contributed by atoms with Crippen molar-refractivity contribution in [1.82, 2.24) is 10.2 Å². The summed E-state index contributed by atoms with van der Waals surface area (Å²) in [6.07, 6.45) is 6.12. The van der Waals surface area contributed by atoms with E-state index in [-0.39, 0.29) is 5.91 Å². The molecule has 138 valence electrons. The number of hydrogen-bond acceptors (Lipinski definition) is 5. The number of aliphatic imine (C=N–C) groups is 1. The topological polar surface area (TPSA) is 57.2 Å². The molecule has 0 bridgehead atoms. The molecular formula is C21H22N4O2. The minimum atomic E-state index is -0.0674. The standard InChI is InChI=1S/C21H22N4O2/c1-14-12-16(24-8-10-27-11-9-24)3-4-17(14)21-22-13-15-2-5-19(26)23-18-6-7-25(21)20(15)18/h2-5,12-13H,6-11H2,1H3,(H,23,26). The van der Waals surface area contributed by atoms with Gasteiger partial charge in [0.25, 0.3) is 0 Å². The van der Waals surface area contributed by atoms with Crippen LogP contribution in [0.25, 0.3) is 0 Å². The molecular weight excluding hydrogens is 340 g/mol. The van der Waals surface area contributed by atoms with E-state index in [4.69, 9.17) is 9.73 Å². The van der Waals surface area contributed by atoms with E-state index >= 15 is 0 Å². The number of nitrogens with one attached hydrogen (secondary N) is 1. The second kappa shape index (κ2) is 6.39. The summed E-state index contributed by atoms with van der Waals surface area (Å²) in [5.41, 5.74) is 6.64. The molecule has 6 nitrogen and oxygen atoms in total. The number of benzene rings is 1. The average molecular weight is 362 g/mol. The molecule has 0 aromatic heterocycles. The average Bonchev–Trinajstić information content (AvgIpc) is 3.03. The third-order valence-corrected chi connectivity index (χ3v) is 5.51. The number of aryl methyl sites for hydroxylation is 1. The van der Waals surface area contributed by atoms with E-state index < -0.39 is 0 Å². The van der Waals surface area contributed by atoms with E-state index in [1.165, 1.54) is 11.3 Å². The first kappa shape index (κ1) is 16.3. The van der Waals surface area contributed by atoms with Crippen LogP contribution in [-0.2, 0) is 9.53 Å². The lowest BCUT2D eigenvalue weighted by atomic mass is 10.0. The number of allylic oxidation sites excluding steroid dienone is 1. The first-order valence-electron chi connectivity index (χ1n) is 9.42. The molecule has 0 aliphatic carbocycles. The molecule has 4 heterocycles. The number of hydrogen-bond donors (Lipinski definition) is 1. The fraction of sp³-hybridized carbons (Fsp3) is 0.333. The Balaban J connectivity index is 1.50. The first-order valence-corrected chi connectivity index (χ1v) is 9.42. The van der Waals surface area contributed by atoms with Gasteiger partial charge in [-0.1, -0.05) is 0 Å². The van der Waals surface area contributed by atoms with E-state index in [0.29, 0.717) is 0 Å². The molecule has 5 rings (SSSR count). The largest absolute Gasteiger partial charge is 0.378 e. The van der Waals surface area contributed by atoms with Crippen molar-refractivity contribution < 1.29 is 9.53 Å². The van der Waals surface area contributed by atoms with Crippen molar-refractivity contribution in [2.45, 2.75) is 13.3 Å². The van der Waals surface area contributed by atoms with Gasteiger partial charge in [-0.05, 0) is 36.8 Å². The Labute approximate surface area is 158 Å². The molecule has 1 aromatic carbocycles. The predicted octanol–water partition coefficient (Wildman–Crippen LogP) is 2.08. The fourth-order valence-corrected chi connectivity index (χ4v) is 4.15. The Morgan fingerprint density at radius 3 is 2.81 bits per heavy atom. The van der Waals surface area contributed by atoms with E-state index in [2.05, 4.69) is 40.2 Å². The Morgan fingerprint density at radius 1 is 1.15 bits per heavy atom. The lowest BCUT2D eigenvalue weighted by Gasteiger charge is -2.31. The van der Waals surface area contributed by atoms with Crippen LogP contribution in [0.2, 0.25) is 0 Å². The molecule has 1 saturated heterocycles. The number of amides is 1. The van der Waals surface area contributed by atoms with Gasteiger partial charge in [0.05, 0.1) is 18.9 Å². The summed E-state index contributed by atoms with van der Waals surface area (Å²) in [6.45, 7) is 6.40. The molecule has 0 saturated carbocycles. The minimum absolute atomic E-state index is 0.0674. The third kappa shape index (κ3) is 2.77. The molecule has 1 amide bonds. The van der Waals surface area contributed by atoms with Crippen molar-refractivity contribution >= 4 is 17.4 Å². The maximum absolute atomic E-state index is 11.9. The second-order valence-corrected chi connectivity index (χ2v) is 7.19. The van der Waals surface area contributed by atoms with Gasteiger partial charge >= 0.3 is 0 Å². The van der Waals surface area contributed by atoms with Crippen LogP contribution in [0.3, 0.4) is 0 Å². The molecule has 6 heteroatoms. The lowest BCUT2D eigenvalue weighted by Crippen LogP contribution is -2.36. The summed E-state index contributed by atoms with van der Waals surface area (Å²) in [5.74, 6) is 0.890. The van der Waals surface area contributed by atoms with Crippen LogP contribution >= 0.6 is 0 Å². The lowest BCUT2D eigenvalue weighted by molar-refractivity contribution is -0.115. The third-order valence-electron chi connectivity index (χ3n) is 5.51. The van der Waals surface area contributed by atoms with Crippen LogP contribution in [-0.4, -0.2) is 49.5 Å². The zero-order valence-corrected chi connectivity index (χ0v) is 15.4. The number of morpholine rings is 1. The number of carbonyl (C=O) groups excluding carboxylic acids is 1. The normalized spacial score (nSPS) is 21.6. The van der Waals surface area contributed by atoms with Gasteiger partial charge in [-0.2, -0.15) is 0 Å². The van der Waals surface area contributed by atoms with Crippen molar-refractivity contribution in [2.75, 3.05) is 37.7 Å². The number of rotatable bonds is 2. The van der Waals surface area contributed by atoms with Crippen molar-refractivity contribution in [3.8, 4) is 0 Å². The molecule has 1 fully saturated rings. The van der Waals surface area contributed by atoms with Crippen LogP contribution in [0.4, 0.5) is 5.69 Å². The summed E-state index contributed by atoms with van der Waals surface area (Å²) in [6, 6.07) is 6.58. The van der Waals surface area contributed by atoms with Crippen LogP contribution in [0, 0.1) is 6.92 Å². The van der Waals surface area contributed by atoms with Gasteiger partial charge in [0.2, 0.25) is 5.91 Å². The maximum Gasteiger partial charge on any atom is 0.248 e. The molecule has 27 heavy (non-hydrogen) atoms. The summed E-state index contributed by atoms with van der Waals surface area (Å²) in [5, 5.41) is 3.01. The van der Waals surface area contributed by atoms with E-state index in [0.717, 1.165) is 67.6 Å². The van der Waals surface area contributed by atoms with E-state index in [1.54, 1.807) is 6.08 Å². The van der Waals surface area contributed by atoms with Crippen molar-refractivity contribution in [3.63, 3.8) is 0 Å². The Hall–Kier alpha value is -2.86. The molecule has 1 aromatic rings. The number of amidine groups is 1. The van der Waals surface area contributed by atoms with Crippen LogP contribution in [0.15, 0.2) is 58.5 Å². The molecule has 0 radical (unpaired) electrons. The summed E-state index contributed by atoms with van der Waals surface area (Å²) >= 11 is 0. The van der Waals surface area contributed by atoms with Crippen molar-refractivity contribution in [3.05, 3.63) is 64.6 Å². The zero-order valence-electron chi connectivity index (χ0n) is 15.4. The number of carbonyl (C=O) groups is 1. The highest BCUT2D eigenvalue weighted by molar-refractivity contribution is 6.04. The highest BCUT2D eigenvalue weighted by atomic mass is 16.5. The highest BCUT2D eigenvalue weighted by Gasteiger charge is 2.33. The number of ether oxygens (including phenoxy) is 1. The van der Waals surface area contributed by atoms with E-state index in [9.17, 15) is 4.79 Å². The number of nitrogens with zero attached hydrogens (tertiary/aromatic N) is 3. The van der Waals surface area contributed by atoms with Crippen LogP contribution in [0.5, 0.6) is 0 Å². The summed E-state index contributed by atoms with van der Waals surface area (Å²) in [4.78, 5) is 21.2. The minimum Gasteiger partial charge on any atom is -0.378 e. The predicted molar refractivity (Wildman–Crippen MR) is 104 cm³/mol. The summed E-state index contributed by atoms with van der Waals surface area (Å²) < 4.78 is 5.46. The Kier molecular flexibility index (Phi) is 3.86. The smallest absolute Gasteiger partial charge is 0.248 e. The monoisotopic (exact) mass is 362 g/mol. The quantitative estimate of drug-likeness (QED) is 0.875. The molecule has 4 aliphatic rings. The first-order chi connectivity index (χ1) is 13.2. The van der Waals surface area contributed by atoms with Gasteiger partial charge in [-0.15, -0.1) is 0 Å². The molecule has 0 spiro atoms. The van der Waals surface area contributed by atoms with Crippen LogP contribution in [0.1, 0.15) is 17.5 Å². The van der Waals surface area contributed by atoms with Gasteiger partial charge < -0.3 is 19.9 Å². The molecule has 1 N–H and O–H groups in total. The van der Waals surface area contributed by atoms with Crippen LogP contribution < -0.4 is 10.2 Å². The van der Waals surface area contributed by atoms with Gasteiger partial charge in [-0.3, -0.25) is 4.79 Å². The van der Waals surface area contributed by atoms with Gasteiger partial charge in [0.1, 0.15) is 5.84 Å². The van der Waals surface area contributed by atoms with Gasteiger partial charge in [0, 0.05) is 60.9 Å². The van der Waals surface area contributed by atoms with Gasteiger partial charge in [0.15, 0.2) is 0 Å². The van der Waals surface area contributed by atoms with Crippen molar-refractivity contribution in [1.29, 1.82) is 0 Å². The van der Waals surface area contributed by atoms with Crippen molar-refractivity contribution in [2.24, 2.45) is 4.99 Å². The Morgan fingerprint density at radius 2 is 2.00 bits per heavy atom. The second-order valence-electron chi connectivity index (χ2n) is 7.19. The fourth-order valence-electron chi connectivity index (χ4n) is 4.15. The molecule has 4 aliphatic heterocycles. The number of anilines is 1. The summed E-state index contributed by atoms with van der Waals surface area (Å²) in [7, 11) is 0. The SMILES string of the molecule is Cc1cc(N2CCOCC2)ccc1C1=NC=C2C=CC(=O)NC3=C2N1CC3.